The number of aliphatic imine (C=N–C) groups is 1. The topological polar surface area (TPSA) is 32.7 Å². The van der Waals surface area contributed by atoms with Gasteiger partial charge >= 0.3 is 0 Å². The van der Waals surface area contributed by atoms with Crippen LogP contribution in [0.1, 0.15) is 34.6 Å². The molecule has 0 bridgehead atoms. The molecule has 1 aliphatic heterocycles. The number of hydrogen-bond acceptors (Lipinski definition) is 2. The van der Waals surface area contributed by atoms with E-state index in [1.54, 1.807) is 11.2 Å². The Balaban J connectivity index is 2.90. The van der Waals surface area contributed by atoms with Crippen molar-refractivity contribution in [2.45, 2.75) is 45.7 Å². The maximum atomic E-state index is 11.7. The second kappa shape index (κ2) is 2.31. The number of amides is 1. The van der Waals surface area contributed by atoms with Crippen molar-refractivity contribution in [2.24, 2.45) is 4.99 Å². The third-order valence-electron chi connectivity index (χ3n) is 1.96. The molecule has 3 heteroatoms. The van der Waals surface area contributed by atoms with E-state index in [1.165, 1.54) is 0 Å². The highest BCUT2D eigenvalue weighted by molar-refractivity contribution is 6.00. The fourth-order valence-electron chi connectivity index (χ4n) is 1.08. The number of carbonyl (C=O) groups excluding carboxylic acids is 1. The zero-order valence-electron chi connectivity index (χ0n) is 8.38. The minimum absolute atomic E-state index is 0.0787. The van der Waals surface area contributed by atoms with E-state index in [-0.39, 0.29) is 11.4 Å². The average Bonchev–Trinajstić information content (AvgIpc) is 2.06. The normalized spacial score (nSPS) is 22.1. The maximum Gasteiger partial charge on any atom is 0.255 e. The molecule has 0 saturated heterocycles. The van der Waals surface area contributed by atoms with Crippen molar-refractivity contribution in [3.05, 3.63) is 0 Å². The Hall–Kier alpha value is -0.860. The zero-order chi connectivity index (χ0) is 9.57. The Morgan fingerprint density at radius 3 is 2.08 bits per heavy atom. The van der Waals surface area contributed by atoms with Gasteiger partial charge in [-0.2, -0.15) is 0 Å². The molecule has 12 heavy (non-hydrogen) atoms. The van der Waals surface area contributed by atoms with Crippen molar-refractivity contribution in [1.82, 2.24) is 4.90 Å². The molecule has 0 aromatic rings. The van der Waals surface area contributed by atoms with Gasteiger partial charge in [0.15, 0.2) is 0 Å². The van der Waals surface area contributed by atoms with Gasteiger partial charge in [-0.05, 0) is 34.6 Å². The zero-order valence-corrected chi connectivity index (χ0v) is 8.38. The Labute approximate surface area is 73.5 Å². The molecule has 1 rings (SSSR count). The molecule has 1 heterocycles. The molecule has 0 aliphatic carbocycles. The second-order valence-corrected chi connectivity index (χ2v) is 4.65. The van der Waals surface area contributed by atoms with E-state index in [2.05, 4.69) is 4.99 Å². The number of rotatable bonds is 0. The molecule has 0 N–H and O–H groups in total. The van der Waals surface area contributed by atoms with Crippen LogP contribution in [0.2, 0.25) is 0 Å². The van der Waals surface area contributed by atoms with Crippen LogP contribution in [-0.2, 0) is 4.79 Å². The number of carbonyl (C=O) groups is 1. The van der Waals surface area contributed by atoms with Gasteiger partial charge in [-0.1, -0.05) is 0 Å². The lowest BCUT2D eigenvalue weighted by Crippen LogP contribution is -2.47. The quantitative estimate of drug-likeness (QED) is 0.538. The number of hydrogen-bond donors (Lipinski definition) is 0. The minimum Gasteiger partial charge on any atom is -0.296 e. The molecule has 68 valence electrons. The van der Waals surface area contributed by atoms with Gasteiger partial charge in [-0.25, -0.2) is 0 Å². The van der Waals surface area contributed by atoms with E-state index in [0.717, 1.165) is 0 Å². The van der Waals surface area contributed by atoms with E-state index >= 15 is 0 Å². The van der Waals surface area contributed by atoms with E-state index < -0.39 is 5.54 Å². The Kier molecular flexibility index (Phi) is 1.78. The predicted molar refractivity (Wildman–Crippen MR) is 49.2 cm³/mol. The van der Waals surface area contributed by atoms with Gasteiger partial charge in [0, 0.05) is 5.54 Å². The molecule has 0 spiro atoms. The van der Waals surface area contributed by atoms with Gasteiger partial charge in [0.25, 0.3) is 5.91 Å². The summed E-state index contributed by atoms with van der Waals surface area (Å²) in [6, 6.07) is 0. The maximum absolute atomic E-state index is 11.7. The first-order valence-corrected chi connectivity index (χ1v) is 4.14. The summed E-state index contributed by atoms with van der Waals surface area (Å²) in [5.41, 5.74) is -0.721. The van der Waals surface area contributed by atoms with Crippen LogP contribution in [0.4, 0.5) is 0 Å². The second-order valence-electron chi connectivity index (χ2n) is 4.65. The summed E-state index contributed by atoms with van der Waals surface area (Å²) in [4.78, 5) is 17.5. The lowest BCUT2D eigenvalue weighted by molar-refractivity contribution is -0.133. The van der Waals surface area contributed by atoms with Crippen molar-refractivity contribution < 1.29 is 4.79 Å². The van der Waals surface area contributed by atoms with E-state index in [4.69, 9.17) is 0 Å². The highest BCUT2D eigenvalue weighted by atomic mass is 16.2. The van der Waals surface area contributed by atoms with Crippen LogP contribution < -0.4 is 0 Å². The van der Waals surface area contributed by atoms with Crippen LogP contribution in [0.5, 0.6) is 0 Å². The molecule has 0 radical (unpaired) electrons. The summed E-state index contributed by atoms with van der Waals surface area (Å²) >= 11 is 0. The molecule has 0 aromatic heterocycles. The SMILES string of the molecule is CC1(C)N=CN(C(C)(C)C)C1=O. The molecule has 0 fully saturated rings. The van der Waals surface area contributed by atoms with Crippen molar-refractivity contribution in [1.29, 1.82) is 0 Å². The highest BCUT2D eigenvalue weighted by Gasteiger charge is 2.40. The first-order valence-electron chi connectivity index (χ1n) is 4.14. The highest BCUT2D eigenvalue weighted by Crippen LogP contribution is 2.24. The van der Waals surface area contributed by atoms with Crippen LogP contribution >= 0.6 is 0 Å². The Morgan fingerprint density at radius 1 is 1.42 bits per heavy atom. The van der Waals surface area contributed by atoms with Crippen molar-refractivity contribution >= 4 is 12.2 Å². The predicted octanol–water partition coefficient (Wildman–Crippen LogP) is 1.43. The Morgan fingerprint density at radius 2 is 1.92 bits per heavy atom. The largest absolute Gasteiger partial charge is 0.296 e. The summed E-state index contributed by atoms with van der Waals surface area (Å²) in [6.07, 6.45) is 1.64. The van der Waals surface area contributed by atoms with Gasteiger partial charge < -0.3 is 0 Å². The van der Waals surface area contributed by atoms with Gasteiger partial charge in [0.2, 0.25) is 0 Å². The van der Waals surface area contributed by atoms with E-state index in [0.29, 0.717) is 0 Å². The summed E-state index contributed by atoms with van der Waals surface area (Å²) in [5, 5.41) is 0. The molecule has 3 nitrogen and oxygen atoms in total. The fraction of sp³-hybridized carbons (Fsp3) is 0.778. The van der Waals surface area contributed by atoms with Gasteiger partial charge in [0.1, 0.15) is 5.54 Å². The summed E-state index contributed by atoms with van der Waals surface area (Å²) in [6.45, 7) is 9.66. The van der Waals surface area contributed by atoms with Crippen LogP contribution in [-0.4, -0.2) is 28.2 Å². The molecular weight excluding hydrogens is 152 g/mol. The van der Waals surface area contributed by atoms with Crippen molar-refractivity contribution in [3.8, 4) is 0 Å². The van der Waals surface area contributed by atoms with E-state index in [1.807, 2.05) is 34.6 Å². The van der Waals surface area contributed by atoms with Crippen LogP contribution in [0.3, 0.4) is 0 Å². The van der Waals surface area contributed by atoms with Crippen molar-refractivity contribution in [2.75, 3.05) is 0 Å². The fourth-order valence-corrected chi connectivity index (χ4v) is 1.08. The minimum atomic E-state index is -0.562. The molecule has 1 amide bonds. The molecule has 0 saturated carbocycles. The summed E-state index contributed by atoms with van der Waals surface area (Å²) in [5.74, 6) is 0.0787. The van der Waals surface area contributed by atoms with Crippen molar-refractivity contribution in [3.63, 3.8) is 0 Å². The third kappa shape index (κ3) is 1.36. The first kappa shape index (κ1) is 9.23. The smallest absolute Gasteiger partial charge is 0.255 e. The van der Waals surface area contributed by atoms with Crippen LogP contribution in [0.25, 0.3) is 0 Å². The lowest BCUT2D eigenvalue weighted by atomic mass is 10.0. The first-order chi connectivity index (χ1) is 5.25. The molecule has 0 atom stereocenters. The lowest BCUT2D eigenvalue weighted by Gasteiger charge is -2.30. The number of nitrogens with zero attached hydrogens (tertiary/aromatic N) is 2. The standard InChI is InChI=1S/C9H16N2O/c1-8(2,3)11-6-10-9(4,5)7(11)12/h6H,1-5H3. The molecule has 0 aromatic carbocycles. The van der Waals surface area contributed by atoms with Gasteiger partial charge in [-0.15, -0.1) is 0 Å². The summed E-state index contributed by atoms with van der Waals surface area (Å²) in [7, 11) is 0. The Bertz CT molecular complexity index is 235. The van der Waals surface area contributed by atoms with Crippen LogP contribution in [0.15, 0.2) is 4.99 Å². The molecular formula is C9H16N2O. The molecule has 0 unspecified atom stereocenters. The van der Waals surface area contributed by atoms with E-state index in [9.17, 15) is 4.79 Å². The van der Waals surface area contributed by atoms with Crippen LogP contribution in [0, 0.1) is 0 Å². The van der Waals surface area contributed by atoms with Gasteiger partial charge in [-0.3, -0.25) is 14.7 Å². The monoisotopic (exact) mass is 168 g/mol. The summed E-state index contributed by atoms with van der Waals surface area (Å²) < 4.78 is 0. The molecule has 1 aliphatic rings. The third-order valence-corrected chi connectivity index (χ3v) is 1.96. The average molecular weight is 168 g/mol. The van der Waals surface area contributed by atoms with Gasteiger partial charge in [0.05, 0.1) is 6.34 Å².